The molecule has 23 heavy (non-hydrogen) atoms. The average Bonchev–Trinajstić information content (AvgIpc) is 3.11. The number of amides is 1. The van der Waals surface area contributed by atoms with E-state index in [1.807, 2.05) is 13.1 Å². The smallest absolute Gasteiger partial charge is 0.237 e. The number of hydrogen-bond acceptors (Lipinski definition) is 5. The van der Waals surface area contributed by atoms with Gasteiger partial charge in [-0.25, -0.2) is 9.97 Å². The highest BCUT2D eigenvalue weighted by molar-refractivity contribution is 5.81. The van der Waals surface area contributed by atoms with E-state index >= 15 is 0 Å². The molecule has 1 aromatic rings. The molecule has 3 heterocycles. The van der Waals surface area contributed by atoms with Crippen LogP contribution in [0.2, 0.25) is 0 Å². The Bertz CT molecular complexity index is 558. The van der Waals surface area contributed by atoms with Crippen LogP contribution >= 0.6 is 0 Å². The molecule has 6 nitrogen and oxygen atoms in total. The van der Waals surface area contributed by atoms with Gasteiger partial charge in [0.1, 0.15) is 5.82 Å². The summed E-state index contributed by atoms with van der Waals surface area (Å²) in [5.74, 6) is 0.954. The summed E-state index contributed by atoms with van der Waals surface area (Å²) in [7, 11) is 0. The molecule has 1 N–H and O–H groups in total. The molecule has 0 aromatic carbocycles. The predicted molar refractivity (Wildman–Crippen MR) is 87.0 cm³/mol. The lowest BCUT2D eigenvalue weighted by Gasteiger charge is -2.32. The van der Waals surface area contributed by atoms with Crippen molar-refractivity contribution >= 4 is 5.91 Å². The molecule has 2 aliphatic rings. The molecule has 3 rings (SSSR count). The fourth-order valence-electron chi connectivity index (χ4n) is 3.20. The molecule has 2 aliphatic heterocycles. The number of ether oxygens (including phenoxy) is 1. The second kappa shape index (κ2) is 7.36. The molecule has 1 fully saturated rings. The molecule has 2 atom stereocenters. The first-order valence-corrected chi connectivity index (χ1v) is 8.64. The van der Waals surface area contributed by atoms with Crippen molar-refractivity contribution in [1.29, 1.82) is 0 Å². The van der Waals surface area contributed by atoms with Gasteiger partial charge in [0.05, 0.1) is 17.8 Å². The minimum absolute atomic E-state index is 0.0775. The van der Waals surface area contributed by atoms with Crippen molar-refractivity contribution in [2.45, 2.75) is 58.2 Å². The average molecular weight is 318 g/mol. The molecule has 0 radical (unpaired) electrons. The van der Waals surface area contributed by atoms with E-state index in [9.17, 15) is 4.79 Å². The Morgan fingerprint density at radius 1 is 1.57 bits per heavy atom. The first-order valence-electron chi connectivity index (χ1n) is 8.64. The van der Waals surface area contributed by atoms with Crippen LogP contribution in [0.25, 0.3) is 0 Å². The van der Waals surface area contributed by atoms with E-state index in [1.54, 1.807) is 0 Å². The molecule has 0 saturated carbocycles. The molecule has 1 aromatic heterocycles. The molecular weight excluding hydrogens is 292 g/mol. The predicted octanol–water partition coefficient (Wildman–Crippen LogP) is 1.08. The van der Waals surface area contributed by atoms with Gasteiger partial charge >= 0.3 is 0 Å². The minimum atomic E-state index is -0.149. The Hall–Kier alpha value is -1.53. The van der Waals surface area contributed by atoms with Gasteiger partial charge in [-0.1, -0.05) is 6.92 Å². The van der Waals surface area contributed by atoms with Gasteiger partial charge in [-0.3, -0.25) is 9.69 Å². The van der Waals surface area contributed by atoms with Gasteiger partial charge in [-0.2, -0.15) is 0 Å². The van der Waals surface area contributed by atoms with Crippen LogP contribution in [0.4, 0.5) is 0 Å². The summed E-state index contributed by atoms with van der Waals surface area (Å²) in [4.78, 5) is 23.6. The summed E-state index contributed by atoms with van der Waals surface area (Å²) in [6.07, 6.45) is 6.02. The number of aryl methyl sites for hydroxylation is 1. The third-order valence-electron chi connectivity index (χ3n) is 4.80. The molecule has 1 saturated heterocycles. The highest BCUT2D eigenvalue weighted by Gasteiger charge is 2.27. The van der Waals surface area contributed by atoms with E-state index < -0.39 is 0 Å². The van der Waals surface area contributed by atoms with Crippen molar-refractivity contribution in [1.82, 2.24) is 20.2 Å². The van der Waals surface area contributed by atoms with Crippen LogP contribution in [0.5, 0.6) is 0 Å². The molecule has 0 spiro atoms. The van der Waals surface area contributed by atoms with E-state index in [4.69, 9.17) is 4.74 Å². The summed E-state index contributed by atoms with van der Waals surface area (Å²) < 4.78 is 5.56. The van der Waals surface area contributed by atoms with Crippen LogP contribution in [-0.2, 0) is 28.9 Å². The summed E-state index contributed by atoms with van der Waals surface area (Å²) in [5, 5.41) is 3.03. The first-order chi connectivity index (χ1) is 11.2. The summed E-state index contributed by atoms with van der Waals surface area (Å²) in [6, 6.07) is -0.149. The fraction of sp³-hybridized carbons (Fsp3) is 0.706. The van der Waals surface area contributed by atoms with Crippen LogP contribution in [-0.4, -0.2) is 52.6 Å². The molecule has 0 bridgehead atoms. The van der Waals surface area contributed by atoms with Gasteiger partial charge < -0.3 is 10.1 Å². The van der Waals surface area contributed by atoms with Gasteiger partial charge in [0.2, 0.25) is 5.91 Å². The number of fused-ring (bicyclic) bond motifs is 1. The lowest BCUT2D eigenvalue weighted by molar-refractivity contribution is -0.126. The number of aromatic nitrogens is 2. The molecule has 0 aliphatic carbocycles. The van der Waals surface area contributed by atoms with E-state index in [1.165, 1.54) is 5.56 Å². The van der Waals surface area contributed by atoms with Crippen molar-refractivity contribution in [2.24, 2.45) is 0 Å². The Morgan fingerprint density at radius 3 is 3.17 bits per heavy atom. The Labute approximate surface area is 137 Å². The second-order valence-electron chi connectivity index (χ2n) is 6.39. The van der Waals surface area contributed by atoms with Crippen LogP contribution in [0, 0.1) is 0 Å². The lowest BCUT2D eigenvalue weighted by Crippen LogP contribution is -2.48. The standard InChI is InChI=1S/C17H26N4O2/c1-3-16-18-9-13-6-7-21(11-15(13)20-16)12(2)17(22)19-10-14-5-4-8-23-14/h9,12,14H,3-8,10-11H2,1-2H3,(H,19,22)/t12-,14-/m0/s1. The summed E-state index contributed by atoms with van der Waals surface area (Å²) in [5.41, 5.74) is 2.28. The van der Waals surface area contributed by atoms with Crippen molar-refractivity contribution in [2.75, 3.05) is 19.7 Å². The molecule has 1 amide bonds. The van der Waals surface area contributed by atoms with Crippen LogP contribution < -0.4 is 5.32 Å². The maximum absolute atomic E-state index is 12.4. The highest BCUT2D eigenvalue weighted by atomic mass is 16.5. The number of nitrogens with one attached hydrogen (secondary N) is 1. The Balaban J connectivity index is 1.56. The molecular formula is C17H26N4O2. The zero-order valence-electron chi connectivity index (χ0n) is 14.0. The fourth-order valence-corrected chi connectivity index (χ4v) is 3.20. The van der Waals surface area contributed by atoms with Gasteiger partial charge in [0, 0.05) is 38.9 Å². The number of hydrogen-bond donors (Lipinski definition) is 1. The van der Waals surface area contributed by atoms with Crippen molar-refractivity contribution in [3.05, 3.63) is 23.3 Å². The number of rotatable bonds is 5. The van der Waals surface area contributed by atoms with Crippen LogP contribution in [0.3, 0.4) is 0 Å². The Kier molecular flexibility index (Phi) is 5.23. The monoisotopic (exact) mass is 318 g/mol. The molecule has 0 unspecified atom stereocenters. The van der Waals surface area contributed by atoms with E-state index in [0.29, 0.717) is 6.54 Å². The maximum atomic E-state index is 12.4. The molecule has 126 valence electrons. The summed E-state index contributed by atoms with van der Waals surface area (Å²) in [6.45, 7) is 7.06. The lowest BCUT2D eigenvalue weighted by atomic mass is 10.0. The minimum Gasteiger partial charge on any atom is -0.376 e. The highest BCUT2D eigenvalue weighted by Crippen LogP contribution is 2.19. The summed E-state index contributed by atoms with van der Waals surface area (Å²) >= 11 is 0. The van der Waals surface area contributed by atoms with Gasteiger partial charge in [0.25, 0.3) is 0 Å². The van der Waals surface area contributed by atoms with Gasteiger partial charge in [-0.05, 0) is 31.7 Å². The zero-order valence-corrected chi connectivity index (χ0v) is 14.0. The van der Waals surface area contributed by atoms with E-state index in [-0.39, 0.29) is 18.1 Å². The van der Waals surface area contributed by atoms with Crippen LogP contribution in [0.1, 0.15) is 43.8 Å². The SMILES string of the molecule is CCc1ncc2c(n1)CN([C@@H](C)C(=O)NC[C@@H]1CCCO1)CC2. The van der Waals surface area contributed by atoms with Crippen LogP contribution in [0.15, 0.2) is 6.20 Å². The van der Waals surface area contributed by atoms with E-state index in [0.717, 1.165) is 56.9 Å². The number of carbonyl (C=O) groups excluding carboxylic acids is 1. The third kappa shape index (κ3) is 3.87. The topological polar surface area (TPSA) is 67.4 Å². The maximum Gasteiger partial charge on any atom is 0.237 e. The normalized spacial score (nSPS) is 22.6. The largest absolute Gasteiger partial charge is 0.376 e. The Morgan fingerprint density at radius 2 is 2.43 bits per heavy atom. The van der Waals surface area contributed by atoms with Gasteiger partial charge in [0.15, 0.2) is 0 Å². The third-order valence-corrected chi connectivity index (χ3v) is 4.80. The van der Waals surface area contributed by atoms with Crippen molar-refractivity contribution < 1.29 is 9.53 Å². The first kappa shape index (κ1) is 16.3. The van der Waals surface area contributed by atoms with E-state index in [2.05, 4.69) is 27.1 Å². The van der Waals surface area contributed by atoms with Crippen molar-refractivity contribution in [3.63, 3.8) is 0 Å². The second-order valence-corrected chi connectivity index (χ2v) is 6.39. The van der Waals surface area contributed by atoms with Crippen molar-refractivity contribution in [3.8, 4) is 0 Å². The quantitative estimate of drug-likeness (QED) is 0.880. The zero-order chi connectivity index (χ0) is 16.2. The molecule has 6 heteroatoms. The number of nitrogens with zero attached hydrogens (tertiary/aromatic N) is 3. The van der Waals surface area contributed by atoms with Gasteiger partial charge in [-0.15, -0.1) is 0 Å². The number of carbonyl (C=O) groups is 1.